The Labute approximate surface area is 630 Å². The number of aliphatic imine (C=N–C) groups is 3. The number of rotatable bonds is 16. The SMILES string of the molecule is CC1=NCC(C)=C1c1cc(-c2c(C)noc2C)cc2[nH]c(N)nc12.CC1=NCC(C)=C1c1cc(-c2c(C)noc2C)cc2[nH]c(NC3CC3)nc12.CC1=NCC(C)=C1c1cc(-c2c(C)noc2C)cc2[nH]c(NCC3CC3)nc12.Cc1c[nH]c(C)c1-c1cc(-c2c(C)noc2C)cc2[nH]c(NS(=O)(=O)C3CC3)nc12. The van der Waals surface area contributed by atoms with Crippen LogP contribution in [0.1, 0.15) is 154 Å². The second-order valence-corrected chi connectivity index (χ2v) is 32.0. The Kier molecular flexibility index (Phi) is 18.2. The minimum absolute atomic E-state index is 0.236. The molecule has 0 amide bonds. The van der Waals surface area contributed by atoms with Gasteiger partial charge < -0.3 is 59.4 Å². The van der Waals surface area contributed by atoms with Gasteiger partial charge in [-0.25, -0.2) is 28.4 Å². The third-order valence-corrected chi connectivity index (χ3v) is 23.2. The number of fused-ring (bicyclic) bond motifs is 4. The number of imidazole rings is 4. The number of nitrogens with two attached hydrogens (primary N) is 1. The monoisotopic (exact) mass is 1480 g/mol. The molecule has 109 heavy (non-hydrogen) atoms. The van der Waals surface area contributed by atoms with Crippen LogP contribution in [0.5, 0.6) is 0 Å². The number of aromatic nitrogens is 13. The first kappa shape index (κ1) is 71.5. The molecule has 6 aliphatic rings. The van der Waals surface area contributed by atoms with E-state index in [0.29, 0.717) is 30.3 Å². The number of benzene rings is 4. The molecule has 26 nitrogen and oxygen atoms in total. The van der Waals surface area contributed by atoms with Gasteiger partial charge in [-0.2, -0.15) is 0 Å². The normalized spacial score (nSPS) is 15.8. The Morgan fingerprint density at radius 1 is 0.440 bits per heavy atom. The van der Waals surface area contributed by atoms with Crippen LogP contribution >= 0.6 is 0 Å². The average molecular weight is 1480 g/mol. The number of aryl methyl sites for hydroxylation is 10. The fraction of sp³-hybridized carbons (Fsp3) is 0.354. The molecule has 27 heteroatoms. The van der Waals surface area contributed by atoms with Crippen molar-refractivity contribution in [1.29, 1.82) is 0 Å². The van der Waals surface area contributed by atoms with E-state index < -0.39 is 10.0 Å². The molecule has 0 spiro atoms. The molecule has 3 aliphatic heterocycles. The second kappa shape index (κ2) is 27.8. The minimum atomic E-state index is -3.41. The third kappa shape index (κ3) is 13.8. The molecule has 560 valence electrons. The molecule has 13 aromatic rings. The van der Waals surface area contributed by atoms with Crippen LogP contribution < -0.4 is 21.1 Å². The molecular formula is C82H90N20O6S. The summed E-state index contributed by atoms with van der Waals surface area (Å²) in [6.45, 7) is 35.5. The first-order valence-electron chi connectivity index (χ1n) is 37.2. The maximum absolute atomic E-state index is 12.4. The van der Waals surface area contributed by atoms with Crippen LogP contribution in [0.25, 0.3) is 116 Å². The van der Waals surface area contributed by atoms with Crippen LogP contribution in [-0.2, 0) is 10.0 Å². The van der Waals surface area contributed by atoms with Crippen molar-refractivity contribution < 1.29 is 26.5 Å². The summed E-state index contributed by atoms with van der Waals surface area (Å²) in [5, 5.41) is 23.1. The van der Waals surface area contributed by atoms with Crippen LogP contribution in [0, 0.1) is 75.2 Å². The van der Waals surface area contributed by atoms with E-state index in [4.69, 9.17) is 33.8 Å². The van der Waals surface area contributed by atoms with Crippen molar-refractivity contribution in [3.63, 3.8) is 0 Å². The molecule has 3 saturated carbocycles. The predicted octanol–water partition coefficient (Wildman–Crippen LogP) is 17.6. The molecule has 0 saturated heterocycles. The summed E-state index contributed by atoms with van der Waals surface area (Å²) >= 11 is 0. The number of nitrogens with one attached hydrogen (secondary N) is 8. The summed E-state index contributed by atoms with van der Waals surface area (Å²) in [5.74, 6) is 6.31. The summed E-state index contributed by atoms with van der Waals surface area (Å²) in [6.07, 6.45) is 8.40. The van der Waals surface area contributed by atoms with E-state index in [0.717, 1.165) is 235 Å². The first-order chi connectivity index (χ1) is 52.2. The summed E-state index contributed by atoms with van der Waals surface area (Å²) in [4.78, 5) is 49.2. The fourth-order valence-corrected chi connectivity index (χ4v) is 16.9. The van der Waals surface area contributed by atoms with Crippen molar-refractivity contribution in [2.75, 3.05) is 47.3 Å². The standard InChI is InChI=1S/C22H25N5O.C21H23N5O3S.C21H23N5O.C18H19N5O/c1-11-9-23-12(2)19(11)17-7-16(20-13(3)27-28-14(20)4)8-18-21(17)26-22(25-18)24-10-15-5-6-15;1-10-9-22-11(2)18(10)16-7-14(19-12(3)25-29-13(19)4)8-17-20(16)24-21(23-17)26-30(27,28)15-5-6-15;1-10-9-22-11(2)18(10)16-7-14(19-12(3)26-27-13(19)4)8-17-20(16)25-21(24-17)23-15-5-6-15;1-8-7-20-9(2)15(8)13-5-12(16-10(3)23-24-11(16)4)6-14-17(13)22-18(19)21-14/h7-8,15H,5-6,9-10H2,1-4H3,(H2,24,25,26);7-9,15,22H,5-6H2,1-4H3,(H2,23,24,26);7-8,15H,5-6,9H2,1-4H3,(H2,23,24,25);5-6H,7H2,1-4H3,(H3,19,21,22). The molecule has 10 N–H and O–H groups in total. The van der Waals surface area contributed by atoms with Crippen LogP contribution in [0.2, 0.25) is 0 Å². The van der Waals surface area contributed by atoms with E-state index in [1.165, 1.54) is 53.5 Å². The fourth-order valence-electron chi connectivity index (χ4n) is 15.6. The van der Waals surface area contributed by atoms with Crippen LogP contribution in [0.15, 0.2) is 105 Å². The number of nitrogens with zero attached hydrogens (tertiary/aromatic N) is 11. The Bertz CT molecular complexity index is 6090. The smallest absolute Gasteiger partial charge is 0.237 e. The van der Waals surface area contributed by atoms with Crippen molar-refractivity contribution in [2.24, 2.45) is 20.9 Å². The molecule has 0 radical (unpaired) electrons. The van der Waals surface area contributed by atoms with Gasteiger partial charge in [0.15, 0.2) is 5.95 Å². The molecule has 9 aromatic heterocycles. The Morgan fingerprint density at radius 2 is 0.817 bits per heavy atom. The lowest BCUT2D eigenvalue weighted by Gasteiger charge is -2.10. The number of hydrogen-bond acceptors (Lipinski definition) is 20. The summed E-state index contributed by atoms with van der Waals surface area (Å²) in [5.41, 5.74) is 42.8. The molecular weight excluding hydrogens is 1390 g/mol. The Balaban J connectivity index is 0.000000111. The Hall–Kier alpha value is -11.7. The second-order valence-electron chi connectivity index (χ2n) is 30.1. The average Bonchev–Trinajstić information content (AvgIpc) is 1.64. The number of aromatic amines is 5. The highest BCUT2D eigenvalue weighted by Gasteiger charge is 2.37. The molecule has 3 fully saturated rings. The van der Waals surface area contributed by atoms with Crippen molar-refractivity contribution in [2.45, 2.75) is 161 Å². The maximum atomic E-state index is 12.4. The van der Waals surface area contributed by atoms with Gasteiger partial charge in [-0.3, -0.25) is 19.7 Å². The zero-order valence-electron chi connectivity index (χ0n) is 64.4. The van der Waals surface area contributed by atoms with Crippen molar-refractivity contribution in [3.8, 4) is 55.6 Å². The lowest BCUT2D eigenvalue weighted by Crippen LogP contribution is -2.18. The maximum Gasteiger partial charge on any atom is 0.237 e. The lowest BCUT2D eigenvalue weighted by atomic mass is 9.93. The molecule has 12 heterocycles. The van der Waals surface area contributed by atoms with Gasteiger partial charge in [0.05, 0.1) is 91.8 Å². The van der Waals surface area contributed by atoms with Crippen molar-refractivity contribution in [3.05, 3.63) is 145 Å². The van der Waals surface area contributed by atoms with Gasteiger partial charge in [0, 0.05) is 108 Å². The number of allylic oxidation sites excluding steroid dienone is 3. The van der Waals surface area contributed by atoms with Crippen LogP contribution in [-0.4, -0.2) is 129 Å². The number of H-pyrrole nitrogens is 5. The molecule has 4 aromatic carbocycles. The highest BCUT2D eigenvalue weighted by Crippen LogP contribution is 2.44. The van der Waals surface area contributed by atoms with E-state index in [1.54, 1.807) is 0 Å². The van der Waals surface area contributed by atoms with Crippen molar-refractivity contribution >= 4 is 112 Å². The Morgan fingerprint density at radius 3 is 1.18 bits per heavy atom. The third-order valence-electron chi connectivity index (χ3n) is 21.4. The zero-order valence-corrected chi connectivity index (χ0v) is 65.2. The van der Waals surface area contributed by atoms with Gasteiger partial charge in [-0.15, -0.1) is 0 Å². The number of hydrogen-bond donors (Lipinski definition) is 9. The molecule has 0 unspecified atom stereocenters. The minimum Gasteiger partial charge on any atom is -0.369 e. The van der Waals surface area contributed by atoms with Gasteiger partial charge in [0.2, 0.25) is 27.9 Å². The molecule has 19 rings (SSSR count). The van der Waals surface area contributed by atoms with Gasteiger partial charge in [0.1, 0.15) is 23.0 Å². The number of nitrogen functional groups attached to an aromatic ring is 1. The highest BCUT2D eigenvalue weighted by atomic mass is 32.2. The molecule has 0 atom stereocenters. The number of sulfonamides is 1. The zero-order chi connectivity index (χ0) is 76.3. The largest absolute Gasteiger partial charge is 0.369 e. The van der Waals surface area contributed by atoms with E-state index in [-0.39, 0.29) is 11.2 Å². The highest BCUT2D eigenvalue weighted by molar-refractivity contribution is 7.93. The summed E-state index contributed by atoms with van der Waals surface area (Å²) in [6, 6.07) is 17.5. The lowest BCUT2D eigenvalue weighted by molar-refractivity contribution is 0.393. The quantitative estimate of drug-likeness (QED) is 0.0434. The van der Waals surface area contributed by atoms with E-state index in [9.17, 15) is 8.42 Å². The van der Waals surface area contributed by atoms with E-state index >= 15 is 0 Å². The van der Waals surface area contributed by atoms with Crippen LogP contribution in [0.3, 0.4) is 0 Å². The van der Waals surface area contributed by atoms with Gasteiger partial charge in [-0.05, 0) is 248 Å². The topological polar surface area (TPSA) is 368 Å². The van der Waals surface area contributed by atoms with Gasteiger partial charge in [-0.1, -0.05) is 20.6 Å². The summed E-state index contributed by atoms with van der Waals surface area (Å²) in [7, 11) is -3.41. The number of anilines is 4. The van der Waals surface area contributed by atoms with Crippen molar-refractivity contribution in [1.82, 2.24) is 65.5 Å². The van der Waals surface area contributed by atoms with Gasteiger partial charge >= 0.3 is 0 Å². The molecule has 3 aliphatic carbocycles. The first-order valence-corrected chi connectivity index (χ1v) is 38.7. The van der Waals surface area contributed by atoms with Crippen LogP contribution in [0.4, 0.5) is 23.8 Å². The van der Waals surface area contributed by atoms with E-state index in [1.807, 2.05) is 94.5 Å². The van der Waals surface area contributed by atoms with Gasteiger partial charge in [0.25, 0.3) is 0 Å². The summed E-state index contributed by atoms with van der Waals surface area (Å²) < 4.78 is 49.0. The molecule has 0 bridgehead atoms. The predicted molar refractivity (Wildman–Crippen MR) is 433 cm³/mol. The van der Waals surface area contributed by atoms with E-state index in [2.05, 4.69) is 157 Å².